The maximum atomic E-state index is 13.0. The average molecular weight is 450 g/mol. The van der Waals surface area contributed by atoms with Gasteiger partial charge in [0.15, 0.2) is 6.39 Å². The summed E-state index contributed by atoms with van der Waals surface area (Å²) >= 11 is 0. The van der Waals surface area contributed by atoms with Gasteiger partial charge in [-0.1, -0.05) is 19.3 Å². The van der Waals surface area contributed by atoms with Crippen LogP contribution >= 0.6 is 0 Å². The number of pyridine rings is 1. The van der Waals surface area contributed by atoms with E-state index in [1.165, 1.54) is 25.7 Å². The van der Waals surface area contributed by atoms with Crippen LogP contribution in [0.1, 0.15) is 83.6 Å². The number of anilines is 1. The zero-order chi connectivity index (χ0) is 22.9. The van der Waals surface area contributed by atoms with Crippen LogP contribution in [-0.2, 0) is 17.8 Å². The fourth-order valence-electron chi connectivity index (χ4n) is 5.61. The number of oxazole rings is 1. The van der Waals surface area contributed by atoms with Crippen LogP contribution in [0.15, 0.2) is 10.8 Å². The van der Waals surface area contributed by atoms with E-state index < -0.39 is 0 Å². The Morgan fingerprint density at radius 2 is 2.03 bits per heavy atom. The number of hydrogen-bond donors (Lipinski definition) is 0. The topological polar surface area (TPSA) is 95.5 Å². The summed E-state index contributed by atoms with van der Waals surface area (Å²) in [6, 6.07) is 2.43. The van der Waals surface area contributed by atoms with Crippen LogP contribution in [0.3, 0.4) is 0 Å². The minimum Gasteiger partial charge on any atom is -0.438 e. The molecule has 174 valence electrons. The molecule has 1 aliphatic carbocycles. The third kappa shape index (κ3) is 3.99. The predicted octanol–water partition coefficient (Wildman–Crippen LogP) is 3.72. The first-order valence-electron chi connectivity index (χ1n) is 12.1. The standard InChI is InChI=1S/C25H31N5O3/c1-16-13-29(9-10-30(16)25(31)23-17(2)27-15-33-23)24-20(12-26)19-8-11-32-14-21(19)22(28-24)18-6-4-3-5-7-18/h15-16,18H,3-11,13-14H2,1-2H3/t16-/m1/s1. The first-order chi connectivity index (χ1) is 16.1. The molecule has 1 saturated heterocycles. The number of aromatic nitrogens is 2. The fraction of sp³-hybridized carbons (Fsp3) is 0.600. The molecule has 0 radical (unpaired) electrons. The molecule has 2 aromatic rings. The number of carbonyl (C=O) groups excluding carboxylic acids is 1. The van der Waals surface area contributed by atoms with Crippen molar-refractivity contribution in [2.24, 2.45) is 0 Å². The molecule has 1 saturated carbocycles. The first-order valence-corrected chi connectivity index (χ1v) is 12.1. The molecule has 8 heteroatoms. The first kappa shape index (κ1) is 21.9. The number of aryl methyl sites for hydroxylation is 1. The van der Waals surface area contributed by atoms with Crippen molar-refractivity contribution in [2.45, 2.75) is 70.9 Å². The fourth-order valence-corrected chi connectivity index (χ4v) is 5.61. The van der Waals surface area contributed by atoms with Gasteiger partial charge >= 0.3 is 0 Å². The number of fused-ring (bicyclic) bond motifs is 1. The summed E-state index contributed by atoms with van der Waals surface area (Å²) in [4.78, 5) is 26.3. The lowest BCUT2D eigenvalue weighted by Crippen LogP contribution is -2.54. The third-order valence-electron chi connectivity index (χ3n) is 7.40. The van der Waals surface area contributed by atoms with Crippen LogP contribution in [0.2, 0.25) is 0 Å². The van der Waals surface area contributed by atoms with Gasteiger partial charge in [-0.05, 0) is 38.7 Å². The molecule has 0 spiro atoms. The van der Waals surface area contributed by atoms with E-state index in [1.54, 1.807) is 6.92 Å². The third-order valence-corrected chi connectivity index (χ3v) is 7.40. The van der Waals surface area contributed by atoms with E-state index in [1.807, 2.05) is 11.8 Å². The van der Waals surface area contributed by atoms with E-state index in [4.69, 9.17) is 14.1 Å². The summed E-state index contributed by atoms with van der Waals surface area (Å²) in [7, 11) is 0. The highest BCUT2D eigenvalue weighted by Gasteiger charge is 2.34. The Labute approximate surface area is 194 Å². The lowest BCUT2D eigenvalue weighted by atomic mass is 9.82. The largest absolute Gasteiger partial charge is 0.438 e. The molecule has 2 aliphatic heterocycles. The van der Waals surface area contributed by atoms with Gasteiger partial charge in [0.25, 0.3) is 5.91 Å². The van der Waals surface area contributed by atoms with E-state index in [0.717, 1.165) is 41.9 Å². The van der Waals surface area contributed by atoms with Gasteiger partial charge in [-0.3, -0.25) is 4.79 Å². The Hall–Kier alpha value is -2.92. The Bertz CT molecular complexity index is 1080. The van der Waals surface area contributed by atoms with Crippen molar-refractivity contribution in [1.82, 2.24) is 14.9 Å². The lowest BCUT2D eigenvalue weighted by molar-refractivity contribution is 0.0640. The quantitative estimate of drug-likeness (QED) is 0.705. The summed E-state index contributed by atoms with van der Waals surface area (Å²) in [6.45, 7) is 6.82. The Kier molecular flexibility index (Phi) is 6.07. The Balaban J connectivity index is 1.46. The number of hydrogen-bond acceptors (Lipinski definition) is 7. The highest BCUT2D eigenvalue weighted by molar-refractivity contribution is 5.92. The molecular formula is C25H31N5O3. The molecule has 33 heavy (non-hydrogen) atoms. The molecule has 8 nitrogen and oxygen atoms in total. The molecule has 0 bridgehead atoms. The summed E-state index contributed by atoms with van der Waals surface area (Å²) in [5.41, 5.74) is 4.71. The van der Waals surface area contributed by atoms with Crippen molar-refractivity contribution in [2.75, 3.05) is 31.1 Å². The number of amides is 1. The van der Waals surface area contributed by atoms with Gasteiger partial charge in [0.1, 0.15) is 11.9 Å². The number of nitriles is 1. The van der Waals surface area contributed by atoms with Gasteiger partial charge in [-0.15, -0.1) is 0 Å². The molecule has 2 fully saturated rings. The maximum absolute atomic E-state index is 13.0. The molecule has 5 rings (SSSR count). The Morgan fingerprint density at radius 1 is 1.21 bits per heavy atom. The number of rotatable bonds is 3. The summed E-state index contributed by atoms with van der Waals surface area (Å²) < 4.78 is 11.1. The van der Waals surface area contributed by atoms with Gasteiger partial charge in [0, 0.05) is 37.2 Å². The highest BCUT2D eigenvalue weighted by Crippen LogP contribution is 2.39. The molecule has 1 atom stereocenters. The zero-order valence-corrected chi connectivity index (χ0v) is 19.5. The SMILES string of the molecule is Cc1ncoc1C(=O)N1CCN(c2nc(C3CCCCC3)c3c(c2C#N)CCOC3)C[C@H]1C. The number of ether oxygens (including phenoxy) is 1. The lowest BCUT2D eigenvalue weighted by Gasteiger charge is -2.41. The molecular weight excluding hydrogens is 418 g/mol. The van der Waals surface area contributed by atoms with Crippen LogP contribution in [0.4, 0.5) is 5.82 Å². The molecule has 1 amide bonds. The van der Waals surface area contributed by atoms with Gasteiger partial charge in [0.2, 0.25) is 5.76 Å². The van der Waals surface area contributed by atoms with E-state index in [2.05, 4.69) is 16.0 Å². The van der Waals surface area contributed by atoms with E-state index in [-0.39, 0.29) is 11.9 Å². The molecule has 2 aromatic heterocycles. The molecule has 0 N–H and O–H groups in total. The Morgan fingerprint density at radius 3 is 2.73 bits per heavy atom. The monoisotopic (exact) mass is 449 g/mol. The molecule has 3 aliphatic rings. The maximum Gasteiger partial charge on any atom is 0.291 e. The average Bonchev–Trinajstić information content (AvgIpc) is 3.28. The van der Waals surface area contributed by atoms with E-state index in [9.17, 15) is 10.1 Å². The van der Waals surface area contributed by atoms with Crippen molar-refractivity contribution in [3.05, 3.63) is 40.2 Å². The van der Waals surface area contributed by atoms with Crippen LogP contribution in [0.5, 0.6) is 0 Å². The highest BCUT2D eigenvalue weighted by atomic mass is 16.5. The van der Waals surface area contributed by atoms with Crippen LogP contribution < -0.4 is 4.90 Å². The number of carbonyl (C=O) groups is 1. The van der Waals surface area contributed by atoms with Crippen molar-refractivity contribution in [1.29, 1.82) is 5.26 Å². The van der Waals surface area contributed by atoms with Crippen LogP contribution in [0.25, 0.3) is 0 Å². The van der Waals surface area contributed by atoms with Crippen molar-refractivity contribution < 1.29 is 13.9 Å². The summed E-state index contributed by atoms with van der Waals surface area (Å²) in [5.74, 6) is 1.40. The predicted molar refractivity (Wildman–Crippen MR) is 122 cm³/mol. The minimum absolute atomic E-state index is 0.0402. The van der Waals surface area contributed by atoms with Crippen molar-refractivity contribution in [3.63, 3.8) is 0 Å². The zero-order valence-electron chi connectivity index (χ0n) is 19.5. The molecule has 0 unspecified atom stereocenters. The molecule has 0 aromatic carbocycles. The van der Waals surface area contributed by atoms with Gasteiger partial charge < -0.3 is 19.0 Å². The summed E-state index contributed by atoms with van der Waals surface area (Å²) in [6.07, 6.45) is 8.13. The van der Waals surface area contributed by atoms with Crippen LogP contribution in [-0.4, -0.2) is 53.1 Å². The van der Waals surface area contributed by atoms with Crippen molar-refractivity contribution >= 4 is 11.7 Å². The normalized spacial score (nSPS) is 21.5. The minimum atomic E-state index is -0.129. The van der Waals surface area contributed by atoms with Gasteiger partial charge in [-0.25, -0.2) is 9.97 Å². The van der Waals surface area contributed by atoms with Gasteiger partial charge in [0.05, 0.1) is 30.2 Å². The van der Waals surface area contributed by atoms with Crippen molar-refractivity contribution in [3.8, 4) is 6.07 Å². The molecule has 4 heterocycles. The van der Waals surface area contributed by atoms with E-state index in [0.29, 0.717) is 55.8 Å². The number of nitrogens with zero attached hydrogens (tertiary/aromatic N) is 5. The smallest absolute Gasteiger partial charge is 0.291 e. The van der Waals surface area contributed by atoms with E-state index >= 15 is 0 Å². The van der Waals surface area contributed by atoms with Gasteiger partial charge in [-0.2, -0.15) is 5.26 Å². The summed E-state index contributed by atoms with van der Waals surface area (Å²) in [5, 5.41) is 10.1. The second-order valence-electron chi connectivity index (χ2n) is 9.46. The number of piperazine rings is 1. The second-order valence-corrected chi connectivity index (χ2v) is 9.46. The second kappa shape index (κ2) is 9.14. The van der Waals surface area contributed by atoms with Crippen LogP contribution in [0, 0.1) is 18.3 Å².